The van der Waals surface area contributed by atoms with Gasteiger partial charge in [0.1, 0.15) is 5.75 Å². The van der Waals surface area contributed by atoms with E-state index in [2.05, 4.69) is 10.5 Å². The molecule has 0 saturated heterocycles. The van der Waals surface area contributed by atoms with Crippen molar-refractivity contribution in [1.29, 1.82) is 0 Å². The summed E-state index contributed by atoms with van der Waals surface area (Å²) in [6, 6.07) is 6.52. The SMILES string of the molecule is [NH3+]Cc1cccc(OC(F)F)c1. The Bertz CT molecular complexity index is 253. The predicted molar refractivity (Wildman–Crippen MR) is 39.7 cm³/mol. The largest absolute Gasteiger partial charge is 0.435 e. The molecule has 0 bridgehead atoms. The molecular formula is C8H10F2NO+. The molecule has 0 saturated carbocycles. The fourth-order valence-electron chi connectivity index (χ4n) is 0.877. The molecule has 12 heavy (non-hydrogen) atoms. The Morgan fingerprint density at radius 2 is 2.17 bits per heavy atom. The summed E-state index contributed by atoms with van der Waals surface area (Å²) in [5.74, 6) is 0.186. The second-order valence-corrected chi connectivity index (χ2v) is 2.28. The number of rotatable bonds is 3. The predicted octanol–water partition coefficient (Wildman–Crippen LogP) is 1.03. The highest BCUT2D eigenvalue weighted by Gasteiger charge is 2.03. The minimum absolute atomic E-state index is 0.186. The number of hydrogen-bond acceptors (Lipinski definition) is 1. The summed E-state index contributed by atoms with van der Waals surface area (Å²) in [5, 5.41) is 0. The molecule has 0 aliphatic rings. The quantitative estimate of drug-likeness (QED) is 0.730. The van der Waals surface area contributed by atoms with Crippen LogP contribution in [0.1, 0.15) is 5.56 Å². The van der Waals surface area contributed by atoms with Crippen LogP contribution < -0.4 is 10.5 Å². The van der Waals surface area contributed by atoms with Crippen LogP contribution in [0.15, 0.2) is 24.3 Å². The van der Waals surface area contributed by atoms with Gasteiger partial charge in [-0.15, -0.1) is 0 Å². The van der Waals surface area contributed by atoms with Gasteiger partial charge in [0, 0.05) is 5.56 Å². The average molecular weight is 174 g/mol. The highest BCUT2D eigenvalue weighted by molar-refractivity contribution is 5.27. The van der Waals surface area contributed by atoms with Gasteiger partial charge in [0.15, 0.2) is 0 Å². The maximum Gasteiger partial charge on any atom is 0.387 e. The zero-order valence-electron chi connectivity index (χ0n) is 6.47. The van der Waals surface area contributed by atoms with Gasteiger partial charge in [0.25, 0.3) is 0 Å². The zero-order chi connectivity index (χ0) is 8.97. The van der Waals surface area contributed by atoms with Crippen molar-refractivity contribution in [3.63, 3.8) is 0 Å². The van der Waals surface area contributed by atoms with Crippen LogP contribution >= 0.6 is 0 Å². The van der Waals surface area contributed by atoms with Gasteiger partial charge in [-0.3, -0.25) is 0 Å². The molecule has 0 spiro atoms. The van der Waals surface area contributed by atoms with E-state index in [9.17, 15) is 8.78 Å². The summed E-state index contributed by atoms with van der Waals surface area (Å²) < 4.78 is 27.6. The van der Waals surface area contributed by atoms with E-state index in [-0.39, 0.29) is 5.75 Å². The topological polar surface area (TPSA) is 36.9 Å². The molecule has 2 nitrogen and oxygen atoms in total. The zero-order valence-corrected chi connectivity index (χ0v) is 6.47. The van der Waals surface area contributed by atoms with Gasteiger partial charge in [-0.2, -0.15) is 8.78 Å². The Morgan fingerprint density at radius 3 is 2.75 bits per heavy atom. The van der Waals surface area contributed by atoms with E-state index in [4.69, 9.17) is 0 Å². The molecule has 0 aliphatic carbocycles. The standard InChI is InChI=1S/C8H9F2NO/c9-8(10)12-7-3-1-2-6(4-7)5-11/h1-4,8H,5,11H2/p+1. The highest BCUT2D eigenvalue weighted by Crippen LogP contribution is 2.14. The molecule has 0 heterocycles. The van der Waals surface area contributed by atoms with Crippen molar-refractivity contribution < 1.29 is 19.3 Å². The number of hydrogen-bond donors (Lipinski definition) is 1. The lowest BCUT2D eigenvalue weighted by atomic mass is 10.2. The Kier molecular flexibility index (Phi) is 2.99. The van der Waals surface area contributed by atoms with E-state index >= 15 is 0 Å². The molecule has 0 atom stereocenters. The Morgan fingerprint density at radius 1 is 1.42 bits per heavy atom. The van der Waals surface area contributed by atoms with E-state index in [0.717, 1.165) is 5.56 Å². The van der Waals surface area contributed by atoms with E-state index in [1.165, 1.54) is 6.07 Å². The third kappa shape index (κ3) is 2.47. The number of benzene rings is 1. The van der Waals surface area contributed by atoms with Gasteiger partial charge in [-0.05, 0) is 12.1 Å². The summed E-state index contributed by atoms with van der Waals surface area (Å²) in [6.07, 6.45) is 0. The van der Waals surface area contributed by atoms with E-state index < -0.39 is 6.61 Å². The van der Waals surface area contributed by atoms with Crippen molar-refractivity contribution in [1.82, 2.24) is 0 Å². The number of halogens is 2. The average Bonchev–Trinajstić information content (AvgIpc) is 2.03. The monoisotopic (exact) mass is 174 g/mol. The fraction of sp³-hybridized carbons (Fsp3) is 0.250. The Labute approximate surface area is 68.9 Å². The van der Waals surface area contributed by atoms with Gasteiger partial charge in [0.05, 0.1) is 6.54 Å². The van der Waals surface area contributed by atoms with Crippen LogP contribution in [0.4, 0.5) is 8.78 Å². The molecule has 1 aromatic carbocycles. The summed E-state index contributed by atoms with van der Waals surface area (Å²) in [4.78, 5) is 0. The summed E-state index contributed by atoms with van der Waals surface area (Å²) in [7, 11) is 0. The van der Waals surface area contributed by atoms with Gasteiger partial charge in [-0.1, -0.05) is 12.1 Å². The molecule has 0 fully saturated rings. The first-order valence-corrected chi connectivity index (χ1v) is 3.55. The minimum Gasteiger partial charge on any atom is -0.435 e. The van der Waals surface area contributed by atoms with Crippen LogP contribution in [0, 0.1) is 0 Å². The molecule has 0 radical (unpaired) electrons. The molecule has 1 aromatic rings. The second kappa shape index (κ2) is 4.01. The van der Waals surface area contributed by atoms with Crippen LogP contribution in [0.25, 0.3) is 0 Å². The minimum atomic E-state index is -2.76. The van der Waals surface area contributed by atoms with E-state index in [1.807, 2.05) is 6.07 Å². The van der Waals surface area contributed by atoms with Crippen molar-refractivity contribution in [3.05, 3.63) is 29.8 Å². The van der Waals surface area contributed by atoms with Crippen LogP contribution in [-0.2, 0) is 6.54 Å². The second-order valence-electron chi connectivity index (χ2n) is 2.28. The van der Waals surface area contributed by atoms with Crippen LogP contribution in [0.5, 0.6) is 5.75 Å². The van der Waals surface area contributed by atoms with Crippen molar-refractivity contribution in [2.45, 2.75) is 13.2 Å². The number of ether oxygens (including phenoxy) is 1. The van der Waals surface area contributed by atoms with Crippen LogP contribution in [0.2, 0.25) is 0 Å². The van der Waals surface area contributed by atoms with E-state index in [1.54, 1.807) is 12.1 Å². The molecule has 0 amide bonds. The lowest BCUT2D eigenvalue weighted by molar-refractivity contribution is -0.386. The van der Waals surface area contributed by atoms with Crippen molar-refractivity contribution in [2.75, 3.05) is 0 Å². The summed E-state index contributed by atoms with van der Waals surface area (Å²) in [6.45, 7) is -2.19. The lowest BCUT2D eigenvalue weighted by Crippen LogP contribution is -2.47. The highest BCUT2D eigenvalue weighted by atomic mass is 19.3. The molecule has 0 unspecified atom stereocenters. The molecular weight excluding hydrogens is 164 g/mol. The third-order valence-electron chi connectivity index (χ3n) is 1.41. The van der Waals surface area contributed by atoms with Gasteiger partial charge in [0.2, 0.25) is 0 Å². The molecule has 0 aliphatic heterocycles. The van der Waals surface area contributed by atoms with Gasteiger partial charge < -0.3 is 10.5 Å². The summed E-state index contributed by atoms with van der Waals surface area (Å²) in [5.41, 5.74) is 4.52. The first-order valence-electron chi connectivity index (χ1n) is 3.55. The lowest BCUT2D eigenvalue weighted by Gasteiger charge is -2.04. The maximum atomic E-state index is 11.7. The molecule has 4 heteroatoms. The fourth-order valence-corrected chi connectivity index (χ4v) is 0.877. The molecule has 1 rings (SSSR count). The molecule has 0 aromatic heterocycles. The third-order valence-corrected chi connectivity index (χ3v) is 1.41. The summed E-state index contributed by atoms with van der Waals surface area (Å²) >= 11 is 0. The maximum absolute atomic E-state index is 11.7. The first-order chi connectivity index (χ1) is 5.72. The Hall–Kier alpha value is -1.16. The normalized spacial score (nSPS) is 10.3. The smallest absolute Gasteiger partial charge is 0.387 e. The first kappa shape index (κ1) is 8.93. The van der Waals surface area contributed by atoms with Gasteiger partial charge in [-0.25, -0.2) is 0 Å². The Balaban J connectivity index is 2.72. The van der Waals surface area contributed by atoms with Crippen LogP contribution in [-0.4, -0.2) is 6.61 Å². The van der Waals surface area contributed by atoms with Crippen molar-refractivity contribution in [2.24, 2.45) is 0 Å². The molecule has 3 N–H and O–H groups in total. The number of alkyl halides is 2. The van der Waals surface area contributed by atoms with Crippen LogP contribution in [0.3, 0.4) is 0 Å². The van der Waals surface area contributed by atoms with E-state index in [0.29, 0.717) is 6.54 Å². The van der Waals surface area contributed by atoms with Crippen molar-refractivity contribution in [3.8, 4) is 5.75 Å². The number of quaternary nitrogens is 1. The molecule has 66 valence electrons. The van der Waals surface area contributed by atoms with Crippen molar-refractivity contribution >= 4 is 0 Å². The van der Waals surface area contributed by atoms with Gasteiger partial charge >= 0.3 is 6.61 Å².